The van der Waals surface area contributed by atoms with E-state index in [4.69, 9.17) is 9.47 Å². The maximum atomic E-state index is 13.1. The van der Waals surface area contributed by atoms with Gasteiger partial charge in [0.05, 0.1) is 12.0 Å². The van der Waals surface area contributed by atoms with E-state index in [2.05, 4.69) is 16.6 Å². The van der Waals surface area contributed by atoms with Gasteiger partial charge >= 0.3 is 5.97 Å². The Morgan fingerprint density at radius 2 is 1.43 bits per heavy atom. The maximum Gasteiger partial charge on any atom is 0.325 e. The Morgan fingerprint density at radius 3 is 1.94 bits per heavy atom. The van der Waals surface area contributed by atoms with E-state index in [0.717, 1.165) is 16.9 Å². The molecular formula is C28H29NO5S. The number of rotatable bonds is 7. The SMILES string of the molecule is COc1ccc(C#Cc2ccc(S(=O)(=O)N[C@H](Cc3ccccc3)C(=O)OC(C)(C)C)cc2)cc1. The molecule has 0 saturated heterocycles. The molecule has 0 unspecified atom stereocenters. The van der Waals surface area contributed by atoms with Gasteiger partial charge in [0, 0.05) is 11.1 Å². The minimum absolute atomic E-state index is 0.0362. The topological polar surface area (TPSA) is 81.7 Å². The van der Waals surface area contributed by atoms with Gasteiger partial charge in [-0.2, -0.15) is 4.72 Å². The first-order valence-corrected chi connectivity index (χ1v) is 12.6. The van der Waals surface area contributed by atoms with Crippen LogP contribution in [-0.4, -0.2) is 33.1 Å². The highest BCUT2D eigenvalue weighted by Gasteiger charge is 2.30. The zero-order valence-electron chi connectivity index (χ0n) is 20.2. The van der Waals surface area contributed by atoms with Gasteiger partial charge in [0.1, 0.15) is 17.4 Å². The number of hydrogen-bond acceptors (Lipinski definition) is 5. The lowest BCUT2D eigenvalue weighted by Gasteiger charge is -2.24. The minimum atomic E-state index is -3.98. The lowest BCUT2D eigenvalue weighted by Crippen LogP contribution is -2.45. The summed E-state index contributed by atoms with van der Waals surface area (Å²) in [5.74, 6) is 6.16. The summed E-state index contributed by atoms with van der Waals surface area (Å²) in [7, 11) is -2.38. The largest absolute Gasteiger partial charge is 0.497 e. The summed E-state index contributed by atoms with van der Waals surface area (Å²) >= 11 is 0. The Balaban J connectivity index is 1.77. The molecule has 0 aliphatic carbocycles. The van der Waals surface area contributed by atoms with E-state index >= 15 is 0 Å². The lowest BCUT2D eigenvalue weighted by atomic mass is 10.1. The molecule has 0 spiro atoms. The molecule has 0 bridgehead atoms. The fraction of sp³-hybridized carbons (Fsp3) is 0.250. The molecule has 0 saturated carbocycles. The molecule has 0 fully saturated rings. The van der Waals surface area contributed by atoms with Crippen LogP contribution in [0.1, 0.15) is 37.5 Å². The molecule has 0 radical (unpaired) electrons. The van der Waals surface area contributed by atoms with Gasteiger partial charge in [0.25, 0.3) is 0 Å². The molecule has 0 aromatic heterocycles. The highest BCUT2D eigenvalue weighted by molar-refractivity contribution is 7.89. The van der Waals surface area contributed by atoms with Crippen molar-refractivity contribution in [3.63, 3.8) is 0 Å². The van der Waals surface area contributed by atoms with Crippen molar-refractivity contribution in [2.75, 3.05) is 7.11 Å². The predicted octanol–water partition coefficient (Wildman–Crippen LogP) is 4.33. The Labute approximate surface area is 207 Å². The molecular weight excluding hydrogens is 462 g/mol. The van der Waals surface area contributed by atoms with Gasteiger partial charge in [-0.25, -0.2) is 8.42 Å². The standard InChI is InChI=1S/C28H29NO5S/c1-28(2,3)34-27(30)26(20-23-8-6-5-7-9-23)29-35(31,32)25-18-14-22(15-19-25)11-10-21-12-16-24(33-4)17-13-21/h5-9,12-19,26,29H,20H2,1-4H3/t26-/m1/s1. The molecule has 1 N–H and O–H groups in total. The molecule has 3 aromatic carbocycles. The smallest absolute Gasteiger partial charge is 0.325 e. The summed E-state index contributed by atoms with van der Waals surface area (Å²) in [6, 6.07) is 21.7. The van der Waals surface area contributed by atoms with E-state index in [1.165, 1.54) is 12.1 Å². The van der Waals surface area contributed by atoms with E-state index in [9.17, 15) is 13.2 Å². The van der Waals surface area contributed by atoms with E-state index < -0.39 is 27.6 Å². The van der Waals surface area contributed by atoms with Gasteiger partial charge in [0.15, 0.2) is 0 Å². The van der Waals surface area contributed by atoms with Crippen LogP contribution in [0.3, 0.4) is 0 Å². The fourth-order valence-corrected chi connectivity index (χ4v) is 4.37. The summed E-state index contributed by atoms with van der Waals surface area (Å²) in [6.07, 6.45) is 0.167. The first-order valence-electron chi connectivity index (χ1n) is 11.1. The van der Waals surface area contributed by atoms with Gasteiger partial charge in [-0.05, 0) is 81.3 Å². The van der Waals surface area contributed by atoms with E-state index in [1.807, 2.05) is 54.6 Å². The zero-order valence-corrected chi connectivity index (χ0v) is 21.1. The van der Waals surface area contributed by atoms with Crippen LogP contribution in [0.25, 0.3) is 0 Å². The first kappa shape index (κ1) is 26.0. The van der Waals surface area contributed by atoms with Crippen LogP contribution in [0.15, 0.2) is 83.8 Å². The number of benzene rings is 3. The zero-order chi connectivity index (χ0) is 25.5. The number of carbonyl (C=O) groups is 1. The van der Waals surface area contributed by atoms with E-state index in [1.54, 1.807) is 40.0 Å². The highest BCUT2D eigenvalue weighted by Crippen LogP contribution is 2.16. The molecule has 0 aliphatic heterocycles. The Morgan fingerprint density at radius 1 is 0.886 bits per heavy atom. The van der Waals surface area contributed by atoms with Gasteiger partial charge < -0.3 is 9.47 Å². The Hall–Kier alpha value is -3.60. The molecule has 35 heavy (non-hydrogen) atoms. The van der Waals surface area contributed by atoms with Gasteiger partial charge in [-0.1, -0.05) is 42.2 Å². The van der Waals surface area contributed by atoms with E-state index in [0.29, 0.717) is 5.56 Å². The Bertz CT molecular complexity index is 1300. The molecule has 3 aromatic rings. The van der Waals surface area contributed by atoms with Crippen molar-refractivity contribution in [3.05, 3.63) is 95.6 Å². The average Bonchev–Trinajstić information content (AvgIpc) is 2.82. The third-order valence-corrected chi connectivity index (χ3v) is 6.36. The molecule has 3 rings (SSSR count). The monoisotopic (exact) mass is 491 g/mol. The lowest BCUT2D eigenvalue weighted by molar-refractivity contribution is -0.156. The summed E-state index contributed by atoms with van der Waals surface area (Å²) in [5.41, 5.74) is 1.54. The molecule has 182 valence electrons. The van der Waals surface area contributed by atoms with Crippen LogP contribution in [0.2, 0.25) is 0 Å². The van der Waals surface area contributed by atoms with Gasteiger partial charge in [0.2, 0.25) is 10.0 Å². The second-order valence-corrected chi connectivity index (χ2v) is 10.6. The second-order valence-electron chi connectivity index (χ2n) is 8.90. The van der Waals surface area contributed by atoms with Crippen LogP contribution in [0, 0.1) is 11.8 Å². The molecule has 0 amide bonds. The van der Waals surface area contributed by atoms with Crippen molar-refractivity contribution in [2.45, 2.75) is 43.7 Å². The first-order chi connectivity index (χ1) is 16.6. The fourth-order valence-electron chi connectivity index (χ4n) is 3.19. The minimum Gasteiger partial charge on any atom is -0.497 e. The Kier molecular flexibility index (Phi) is 8.34. The number of nitrogens with one attached hydrogen (secondary N) is 1. The molecule has 1 atom stereocenters. The predicted molar refractivity (Wildman–Crippen MR) is 136 cm³/mol. The number of carbonyl (C=O) groups excluding carboxylic acids is 1. The van der Waals surface area contributed by atoms with Crippen molar-refractivity contribution in [2.24, 2.45) is 0 Å². The quantitative estimate of drug-likeness (QED) is 0.393. The van der Waals surface area contributed by atoms with Crippen molar-refractivity contribution >= 4 is 16.0 Å². The molecule has 0 aliphatic rings. The van der Waals surface area contributed by atoms with Crippen LogP contribution in [0.4, 0.5) is 0 Å². The molecule has 6 nitrogen and oxygen atoms in total. The van der Waals surface area contributed by atoms with Crippen molar-refractivity contribution in [1.29, 1.82) is 0 Å². The maximum absolute atomic E-state index is 13.1. The number of methoxy groups -OCH3 is 1. The molecule has 0 heterocycles. The van der Waals surface area contributed by atoms with Crippen molar-refractivity contribution in [1.82, 2.24) is 4.72 Å². The second kappa shape index (κ2) is 11.2. The van der Waals surface area contributed by atoms with E-state index in [-0.39, 0.29) is 11.3 Å². The van der Waals surface area contributed by atoms with Gasteiger partial charge in [-0.15, -0.1) is 0 Å². The third-order valence-electron chi connectivity index (χ3n) is 4.88. The summed E-state index contributed by atoms with van der Waals surface area (Å²) in [5, 5.41) is 0. The number of hydrogen-bond donors (Lipinski definition) is 1. The highest BCUT2D eigenvalue weighted by atomic mass is 32.2. The van der Waals surface area contributed by atoms with Crippen molar-refractivity contribution < 1.29 is 22.7 Å². The number of sulfonamides is 1. The van der Waals surface area contributed by atoms with Crippen LogP contribution in [0.5, 0.6) is 5.75 Å². The average molecular weight is 492 g/mol. The van der Waals surface area contributed by atoms with Crippen molar-refractivity contribution in [3.8, 4) is 17.6 Å². The summed E-state index contributed by atoms with van der Waals surface area (Å²) in [6.45, 7) is 5.22. The normalized spacial score (nSPS) is 12.2. The van der Waals surface area contributed by atoms with Crippen LogP contribution >= 0.6 is 0 Å². The molecule has 7 heteroatoms. The van der Waals surface area contributed by atoms with Crippen LogP contribution in [-0.2, 0) is 26.0 Å². The number of esters is 1. The van der Waals surface area contributed by atoms with Gasteiger partial charge in [-0.3, -0.25) is 4.79 Å². The van der Waals surface area contributed by atoms with Crippen LogP contribution < -0.4 is 9.46 Å². The third kappa shape index (κ3) is 7.99. The summed E-state index contributed by atoms with van der Waals surface area (Å²) in [4.78, 5) is 12.8. The number of ether oxygens (including phenoxy) is 2. The summed E-state index contributed by atoms with van der Waals surface area (Å²) < 4.78 is 39.3.